The predicted molar refractivity (Wildman–Crippen MR) is 54.0 cm³/mol. The average molecular weight is 224 g/mol. The maximum atomic E-state index is 12.8. The van der Waals surface area contributed by atoms with Crippen LogP contribution in [0.3, 0.4) is 0 Å². The summed E-state index contributed by atoms with van der Waals surface area (Å²) >= 11 is 0. The third-order valence-electron chi connectivity index (χ3n) is 1.77. The van der Waals surface area contributed by atoms with Crippen LogP contribution in [-0.4, -0.2) is 24.0 Å². The number of benzene rings is 1. The average Bonchev–Trinajstić information content (AvgIpc) is 2.27. The van der Waals surface area contributed by atoms with Crippen LogP contribution in [0.4, 0.5) is 4.39 Å². The molecule has 0 aliphatic rings. The summed E-state index contributed by atoms with van der Waals surface area (Å²) in [5.74, 6) is -3.15. The lowest BCUT2D eigenvalue weighted by Gasteiger charge is -1.99. The largest absolute Gasteiger partial charge is 0.507 e. The highest BCUT2D eigenvalue weighted by atomic mass is 19.1. The molecule has 1 rings (SSSR count). The van der Waals surface area contributed by atoms with Crippen molar-refractivity contribution in [3.8, 4) is 0 Å². The van der Waals surface area contributed by atoms with Crippen LogP contribution in [-0.2, 0) is 14.3 Å². The molecule has 0 saturated carbocycles. The van der Waals surface area contributed by atoms with Gasteiger partial charge in [-0.1, -0.05) is 12.1 Å². The van der Waals surface area contributed by atoms with Gasteiger partial charge in [-0.3, -0.25) is 4.79 Å². The molecule has 0 bridgehead atoms. The number of carbonyl (C=O) groups is 2. The number of ether oxygens (including phenoxy) is 1. The molecule has 0 amide bonds. The summed E-state index contributed by atoms with van der Waals surface area (Å²) in [6.45, 7) is 0. The molecule has 0 heterocycles. The molecule has 0 aliphatic heterocycles. The highest BCUT2D eigenvalue weighted by Crippen LogP contribution is 2.12. The summed E-state index contributed by atoms with van der Waals surface area (Å²) in [5.41, 5.74) is 0.109. The van der Waals surface area contributed by atoms with E-state index in [4.69, 9.17) is 0 Å². The van der Waals surface area contributed by atoms with Gasteiger partial charge in [0.1, 0.15) is 11.6 Å². The van der Waals surface area contributed by atoms with E-state index < -0.39 is 23.3 Å². The molecular formula is C11H9FO4. The Hall–Kier alpha value is -2.17. The van der Waals surface area contributed by atoms with Crippen molar-refractivity contribution in [1.29, 1.82) is 0 Å². The molecular weight excluding hydrogens is 215 g/mol. The fraction of sp³-hybridized carbons (Fsp3) is 0.0909. The number of esters is 1. The van der Waals surface area contributed by atoms with E-state index >= 15 is 0 Å². The zero-order valence-electron chi connectivity index (χ0n) is 8.44. The van der Waals surface area contributed by atoms with E-state index in [1.807, 2.05) is 0 Å². The van der Waals surface area contributed by atoms with Gasteiger partial charge in [-0.2, -0.15) is 0 Å². The van der Waals surface area contributed by atoms with Crippen molar-refractivity contribution in [2.24, 2.45) is 0 Å². The maximum absolute atomic E-state index is 12.8. The minimum atomic E-state index is -1.09. The van der Waals surface area contributed by atoms with Crippen molar-refractivity contribution in [3.63, 3.8) is 0 Å². The summed E-state index contributed by atoms with van der Waals surface area (Å²) < 4.78 is 16.9. The zero-order valence-corrected chi connectivity index (χ0v) is 8.44. The van der Waals surface area contributed by atoms with E-state index in [0.29, 0.717) is 6.08 Å². The highest BCUT2D eigenvalue weighted by Gasteiger charge is 2.12. The van der Waals surface area contributed by atoms with Gasteiger partial charge in [-0.15, -0.1) is 0 Å². The van der Waals surface area contributed by atoms with Crippen LogP contribution in [0, 0.1) is 5.82 Å². The van der Waals surface area contributed by atoms with Crippen molar-refractivity contribution in [2.45, 2.75) is 0 Å². The van der Waals surface area contributed by atoms with Crippen molar-refractivity contribution in [3.05, 3.63) is 41.7 Å². The minimum absolute atomic E-state index is 0.109. The molecule has 0 radical (unpaired) electrons. The van der Waals surface area contributed by atoms with Crippen molar-refractivity contribution >= 4 is 17.5 Å². The molecule has 0 fully saturated rings. The normalized spacial score (nSPS) is 11.0. The van der Waals surface area contributed by atoms with E-state index in [1.54, 1.807) is 0 Å². The Kier molecular flexibility index (Phi) is 3.77. The topological polar surface area (TPSA) is 63.6 Å². The molecule has 4 nitrogen and oxygen atoms in total. The molecule has 5 heteroatoms. The van der Waals surface area contributed by atoms with Gasteiger partial charge < -0.3 is 9.84 Å². The molecule has 16 heavy (non-hydrogen) atoms. The van der Waals surface area contributed by atoms with E-state index in [9.17, 15) is 19.1 Å². The standard InChI is InChI=1S/C11H9FO4/c1-16-11(15)10(14)6-9(13)7-3-2-4-8(12)5-7/h2-6,13H,1H3/b9-6-. The smallest absolute Gasteiger partial charge is 0.378 e. The van der Waals surface area contributed by atoms with Gasteiger partial charge in [0.25, 0.3) is 5.78 Å². The molecule has 0 atom stereocenters. The van der Waals surface area contributed by atoms with Crippen molar-refractivity contribution in [2.75, 3.05) is 7.11 Å². The van der Waals surface area contributed by atoms with Gasteiger partial charge in [0.15, 0.2) is 0 Å². The molecule has 0 unspecified atom stereocenters. The Balaban J connectivity index is 2.93. The number of ketones is 1. The maximum Gasteiger partial charge on any atom is 0.378 e. The summed E-state index contributed by atoms with van der Waals surface area (Å²) in [4.78, 5) is 21.8. The second-order valence-electron chi connectivity index (χ2n) is 2.90. The first-order chi connectivity index (χ1) is 7.54. The highest BCUT2D eigenvalue weighted by molar-refractivity contribution is 6.39. The van der Waals surface area contributed by atoms with E-state index in [-0.39, 0.29) is 5.56 Å². The molecule has 0 saturated heterocycles. The summed E-state index contributed by atoms with van der Waals surface area (Å²) in [7, 11) is 1.05. The summed E-state index contributed by atoms with van der Waals surface area (Å²) in [5, 5.41) is 9.43. The third kappa shape index (κ3) is 2.91. The number of aliphatic hydroxyl groups is 1. The third-order valence-corrected chi connectivity index (χ3v) is 1.77. The molecule has 1 N–H and O–H groups in total. The Morgan fingerprint density at radius 3 is 2.69 bits per heavy atom. The number of hydrogen-bond acceptors (Lipinski definition) is 4. The van der Waals surface area contributed by atoms with Crippen LogP contribution in [0.1, 0.15) is 5.56 Å². The number of carbonyl (C=O) groups excluding carboxylic acids is 2. The molecule has 0 spiro atoms. The first kappa shape index (κ1) is 11.9. The van der Waals surface area contributed by atoms with Crippen LogP contribution >= 0.6 is 0 Å². The number of rotatable bonds is 3. The molecule has 0 aliphatic carbocycles. The van der Waals surface area contributed by atoms with E-state index in [0.717, 1.165) is 13.2 Å². The van der Waals surface area contributed by atoms with E-state index in [1.165, 1.54) is 18.2 Å². The Bertz CT molecular complexity index is 451. The number of hydrogen-bond donors (Lipinski definition) is 1. The summed E-state index contributed by atoms with van der Waals surface area (Å²) in [6.07, 6.45) is 0.681. The second-order valence-corrected chi connectivity index (χ2v) is 2.90. The van der Waals surface area contributed by atoms with Gasteiger partial charge in [0.05, 0.1) is 7.11 Å². The first-order valence-corrected chi connectivity index (χ1v) is 4.33. The van der Waals surface area contributed by atoms with Gasteiger partial charge in [0, 0.05) is 11.6 Å². The lowest BCUT2D eigenvalue weighted by atomic mass is 10.1. The molecule has 1 aromatic rings. The van der Waals surface area contributed by atoms with Crippen LogP contribution in [0.25, 0.3) is 5.76 Å². The number of methoxy groups -OCH3 is 1. The number of aliphatic hydroxyl groups excluding tert-OH is 1. The monoisotopic (exact) mass is 224 g/mol. The summed E-state index contributed by atoms with van der Waals surface area (Å²) in [6, 6.07) is 5.01. The van der Waals surface area contributed by atoms with Gasteiger partial charge in [-0.05, 0) is 12.1 Å². The lowest BCUT2D eigenvalue weighted by Crippen LogP contribution is -2.13. The zero-order chi connectivity index (χ0) is 12.1. The van der Waals surface area contributed by atoms with Crippen LogP contribution in [0.2, 0.25) is 0 Å². The second kappa shape index (κ2) is 5.06. The Morgan fingerprint density at radius 2 is 2.12 bits per heavy atom. The molecule has 1 aromatic carbocycles. The predicted octanol–water partition coefficient (Wildman–Crippen LogP) is 1.47. The van der Waals surface area contributed by atoms with Crippen LogP contribution in [0.15, 0.2) is 30.3 Å². The molecule has 0 aromatic heterocycles. The SMILES string of the molecule is COC(=O)C(=O)/C=C(\O)c1cccc(F)c1. The van der Waals surface area contributed by atoms with Crippen LogP contribution < -0.4 is 0 Å². The number of halogens is 1. The van der Waals surface area contributed by atoms with Crippen molar-refractivity contribution in [1.82, 2.24) is 0 Å². The van der Waals surface area contributed by atoms with Gasteiger partial charge in [0.2, 0.25) is 0 Å². The first-order valence-electron chi connectivity index (χ1n) is 4.33. The van der Waals surface area contributed by atoms with Crippen molar-refractivity contribution < 1.29 is 23.8 Å². The van der Waals surface area contributed by atoms with E-state index in [2.05, 4.69) is 4.74 Å². The fourth-order valence-electron chi connectivity index (χ4n) is 1.01. The Labute approximate surface area is 91.0 Å². The van der Waals surface area contributed by atoms with Gasteiger partial charge >= 0.3 is 5.97 Å². The van der Waals surface area contributed by atoms with Gasteiger partial charge in [-0.25, -0.2) is 9.18 Å². The lowest BCUT2D eigenvalue weighted by molar-refractivity contribution is -0.149. The molecule has 84 valence electrons. The van der Waals surface area contributed by atoms with Crippen LogP contribution in [0.5, 0.6) is 0 Å². The quantitative estimate of drug-likeness (QED) is 0.365. The fourth-order valence-corrected chi connectivity index (χ4v) is 1.01. The minimum Gasteiger partial charge on any atom is -0.507 e. The Morgan fingerprint density at radius 1 is 1.44 bits per heavy atom.